The monoisotopic (exact) mass is 308 g/mol. The van der Waals surface area contributed by atoms with Crippen molar-refractivity contribution in [3.8, 4) is 0 Å². The summed E-state index contributed by atoms with van der Waals surface area (Å²) in [4.78, 5) is 11.7. The number of hydrogen-bond donors (Lipinski definition) is 1. The number of benzene rings is 1. The van der Waals surface area contributed by atoms with E-state index in [1.54, 1.807) is 22.5 Å². The number of nitrogens with zero attached hydrogens (tertiary/aromatic N) is 1. The molecule has 0 saturated carbocycles. The summed E-state index contributed by atoms with van der Waals surface area (Å²) in [6.07, 6.45) is 1.32. The van der Waals surface area contributed by atoms with Gasteiger partial charge < -0.3 is 5.32 Å². The second-order valence-electron chi connectivity index (χ2n) is 6.31. The molecule has 6 heteroatoms. The third-order valence-electron chi connectivity index (χ3n) is 4.17. The van der Waals surface area contributed by atoms with Crippen molar-refractivity contribution < 1.29 is 13.2 Å². The minimum atomic E-state index is -3.47. The van der Waals surface area contributed by atoms with Crippen LogP contribution in [0.5, 0.6) is 0 Å². The van der Waals surface area contributed by atoms with Gasteiger partial charge in [-0.2, -0.15) is 4.31 Å². The van der Waals surface area contributed by atoms with E-state index in [4.69, 9.17) is 0 Å². The molecular weight excluding hydrogens is 288 g/mol. The van der Waals surface area contributed by atoms with Crippen molar-refractivity contribution in [1.82, 2.24) is 4.31 Å². The van der Waals surface area contributed by atoms with Crippen molar-refractivity contribution >= 4 is 21.6 Å². The van der Waals surface area contributed by atoms with Crippen LogP contribution < -0.4 is 5.32 Å². The lowest BCUT2D eigenvalue weighted by Crippen LogP contribution is -2.42. The number of hydrogen-bond acceptors (Lipinski definition) is 3. The highest BCUT2D eigenvalue weighted by atomic mass is 32.2. The molecule has 2 heterocycles. The lowest BCUT2D eigenvalue weighted by molar-refractivity contribution is -0.115. The maximum Gasteiger partial charge on any atom is 0.243 e. The number of amides is 1. The molecule has 2 aliphatic heterocycles. The smallest absolute Gasteiger partial charge is 0.243 e. The van der Waals surface area contributed by atoms with E-state index in [9.17, 15) is 13.2 Å². The molecule has 0 unspecified atom stereocenters. The van der Waals surface area contributed by atoms with Gasteiger partial charge in [-0.25, -0.2) is 8.42 Å². The third kappa shape index (κ3) is 2.70. The Balaban J connectivity index is 1.92. The van der Waals surface area contributed by atoms with Crippen LogP contribution in [0.25, 0.3) is 0 Å². The zero-order valence-corrected chi connectivity index (χ0v) is 13.1. The van der Waals surface area contributed by atoms with Crippen molar-refractivity contribution in [3.63, 3.8) is 0 Å². The van der Waals surface area contributed by atoms with E-state index in [0.717, 1.165) is 17.7 Å². The van der Waals surface area contributed by atoms with Gasteiger partial charge in [0.2, 0.25) is 15.9 Å². The van der Waals surface area contributed by atoms with Crippen LogP contribution >= 0.6 is 0 Å². The Kier molecular flexibility index (Phi) is 3.53. The molecule has 2 atom stereocenters. The quantitative estimate of drug-likeness (QED) is 0.906. The second kappa shape index (κ2) is 5.10. The van der Waals surface area contributed by atoms with Gasteiger partial charge in [0.1, 0.15) is 0 Å². The number of anilines is 1. The van der Waals surface area contributed by atoms with Gasteiger partial charge in [-0.05, 0) is 42.0 Å². The van der Waals surface area contributed by atoms with Crippen molar-refractivity contribution in [3.05, 3.63) is 23.8 Å². The summed E-state index contributed by atoms with van der Waals surface area (Å²) < 4.78 is 27.1. The molecule has 21 heavy (non-hydrogen) atoms. The molecule has 1 aromatic rings. The van der Waals surface area contributed by atoms with Gasteiger partial charge in [0.15, 0.2) is 0 Å². The van der Waals surface area contributed by atoms with Crippen molar-refractivity contribution in [2.75, 3.05) is 18.4 Å². The fourth-order valence-corrected chi connectivity index (χ4v) is 5.05. The minimum Gasteiger partial charge on any atom is -0.326 e. The number of carbonyl (C=O) groups is 1. The van der Waals surface area contributed by atoms with Gasteiger partial charge in [-0.15, -0.1) is 0 Å². The van der Waals surface area contributed by atoms with Crippen LogP contribution in [0, 0.1) is 11.8 Å². The van der Waals surface area contributed by atoms with Gasteiger partial charge in [0, 0.05) is 18.8 Å². The fourth-order valence-electron chi connectivity index (χ4n) is 3.32. The van der Waals surface area contributed by atoms with E-state index in [2.05, 4.69) is 19.2 Å². The molecule has 1 saturated heterocycles. The van der Waals surface area contributed by atoms with Gasteiger partial charge in [-0.3, -0.25) is 4.79 Å². The summed E-state index contributed by atoms with van der Waals surface area (Å²) in [5.74, 6) is 0.669. The Morgan fingerprint density at radius 3 is 2.52 bits per heavy atom. The Bertz CT molecular complexity index is 674. The molecule has 1 aromatic carbocycles. The van der Waals surface area contributed by atoms with Crippen LogP contribution in [-0.4, -0.2) is 31.7 Å². The van der Waals surface area contributed by atoms with Crippen molar-refractivity contribution in [1.29, 1.82) is 0 Å². The maximum atomic E-state index is 12.8. The normalized spacial score (nSPS) is 26.5. The topological polar surface area (TPSA) is 66.5 Å². The van der Waals surface area contributed by atoms with Crippen LogP contribution in [0.4, 0.5) is 5.69 Å². The summed E-state index contributed by atoms with van der Waals surface area (Å²) in [7, 11) is -3.47. The number of sulfonamides is 1. The van der Waals surface area contributed by atoms with Gasteiger partial charge in [0.25, 0.3) is 0 Å². The van der Waals surface area contributed by atoms with E-state index >= 15 is 0 Å². The number of piperidine rings is 1. The molecule has 1 N–H and O–H groups in total. The number of carbonyl (C=O) groups excluding carboxylic acids is 1. The zero-order chi connectivity index (χ0) is 15.2. The number of nitrogens with one attached hydrogen (secondary N) is 1. The maximum absolute atomic E-state index is 12.8. The third-order valence-corrected chi connectivity index (χ3v) is 6.00. The SMILES string of the molecule is C[C@H]1C[C@H](C)CN(S(=O)(=O)c2ccc3c(c2)CC(=O)N3)C1. The van der Waals surface area contributed by atoms with Crippen LogP contribution in [0.15, 0.2) is 23.1 Å². The Morgan fingerprint density at radius 1 is 1.19 bits per heavy atom. The summed E-state index contributed by atoms with van der Waals surface area (Å²) in [6, 6.07) is 4.90. The molecular formula is C15H20N2O3S. The van der Waals surface area contributed by atoms with E-state index in [0.29, 0.717) is 29.8 Å². The van der Waals surface area contributed by atoms with Crippen LogP contribution in [-0.2, 0) is 21.2 Å². The Labute approximate surface area is 125 Å². The highest BCUT2D eigenvalue weighted by molar-refractivity contribution is 7.89. The first-order chi connectivity index (χ1) is 9.86. The molecule has 0 aliphatic carbocycles. The lowest BCUT2D eigenvalue weighted by Gasteiger charge is -2.34. The van der Waals surface area contributed by atoms with Gasteiger partial charge in [-0.1, -0.05) is 13.8 Å². The van der Waals surface area contributed by atoms with E-state index < -0.39 is 10.0 Å². The summed E-state index contributed by atoms with van der Waals surface area (Å²) in [6.45, 7) is 5.31. The molecule has 3 rings (SSSR count). The molecule has 0 radical (unpaired) electrons. The first kappa shape index (κ1) is 14.5. The fraction of sp³-hybridized carbons (Fsp3) is 0.533. The standard InChI is InChI=1S/C15H20N2O3S/c1-10-5-11(2)9-17(8-10)21(19,20)13-3-4-14-12(6-13)7-15(18)16-14/h3-4,6,10-11H,5,7-9H2,1-2H3,(H,16,18)/t10-,11-/m0/s1. The highest BCUT2D eigenvalue weighted by Crippen LogP contribution is 2.30. The zero-order valence-electron chi connectivity index (χ0n) is 12.3. The largest absolute Gasteiger partial charge is 0.326 e. The highest BCUT2D eigenvalue weighted by Gasteiger charge is 2.32. The van der Waals surface area contributed by atoms with Crippen LogP contribution in [0.3, 0.4) is 0 Å². The van der Waals surface area contributed by atoms with Crippen LogP contribution in [0.1, 0.15) is 25.8 Å². The van der Waals surface area contributed by atoms with Gasteiger partial charge >= 0.3 is 0 Å². The summed E-state index contributed by atoms with van der Waals surface area (Å²) >= 11 is 0. The molecule has 1 amide bonds. The van der Waals surface area contributed by atoms with E-state index in [-0.39, 0.29) is 12.3 Å². The Hall–Kier alpha value is -1.40. The van der Waals surface area contributed by atoms with Crippen molar-refractivity contribution in [2.45, 2.75) is 31.6 Å². The molecule has 114 valence electrons. The molecule has 0 spiro atoms. The van der Waals surface area contributed by atoms with Crippen LogP contribution in [0.2, 0.25) is 0 Å². The molecule has 0 bridgehead atoms. The predicted molar refractivity (Wildman–Crippen MR) is 80.5 cm³/mol. The van der Waals surface area contributed by atoms with E-state index in [1.807, 2.05) is 0 Å². The number of rotatable bonds is 2. The first-order valence-corrected chi connectivity index (χ1v) is 8.73. The summed E-state index contributed by atoms with van der Waals surface area (Å²) in [5.41, 5.74) is 1.48. The first-order valence-electron chi connectivity index (χ1n) is 7.29. The molecule has 1 fully saturated rings. The van der Waals surface area contributed by atoms with Gasteiger partial charge in [0.05, 0.1) is 11.3 Å². The Morgan fingerprint density at radius 2 is 1.86 bits per heavy atom. The summed E-state index contributed by atoms with van der Waals surface area (Å²) in [5, 5.41) is 2.72. The molecule has 5 nitrogen and oxygen atoms in total. The minimum absolute atomic E-state index is 0.0836. The number of fused-ring (bicyclic) bond motifs is 1. The second-order valence-corrected chi connectivity index (χ2v) is 8.25. The lowest BCUT2D eigenvalue weighted by atomic mass is 9.94. The van der Waals surface area contributed by atoms with Crippen molar-refractivity contribution in [2.24, 2.45) is 11.8 Å². The average molecular weight is 308 g/mol. The molecule has 2 aliphatic rings. The van der Waals surface area contributed by atoms with E-state index in [1.165, 1.54) is 0 Å². The average Bonchev–Trinajstić information content (AvgIpc) is 2.76. The predicted octanol–water partition coefficient (Wildman–Crippen LogP) is 1.85. The molecule has 0 aromatic heterocycles.